The zero-order valence-electron chi connectivity index (χ0n) is 21.1. The van der Waals surface area contributed by atoms with Crippen LogP contribution in [0.15, 0.2) is 35.5 Å². The van der Waals surface area contributed by atoms with Crippen molar-refractivity contribution < 1.29 is 14.6 Å². The maximum Gasteiger partial charge on any atom is 0.407 e. The van der Waals surface area contributed by atoms with Crippen molar-refractivity contribution in [3.63, 3.8) is 0 Å². The van der Waals surface area contributed by atoms with E-state index < -0.39 is 11.7 Å². The zero-order valence-corrected chi connectivity index (χ0v) is 21.1. The summed E-state index contributed by atoms with van der Waals surface area (Å²) in [7, 11) is 1.83. The highest BCUT2D eigenvalue weighted by Crippen LogP contribution is 2.35. The number of rotatable bonds is 3. The normalized spacial score (nSPS) is 18.1. The third kappa shape index (κ3) is 4.38. The summed E-state index contributed by atoms with van der Waals surface area (Å²) in [6.45, 7) is 7.28. The summed E-state index contributed by atoms with van der Waals surface area (Å²) in [5, 5.41) is 19.4. The standard InChI is InChI=1S/C26H30N6O4/c1-14-21-15(13-31(5)30-21)10-18(22(14)33)23-27-12-19-20(29-23)8-9-32(24(19)34)17-7-6-16(11-17)28-25(35)36-26(2,3)4/h8-10,12-13,16-17,33H,6-7,11H2,1-5H3,(H,28,35)/t16-,17+/m1/s1. The number of aromatic nitrogens is 5. The van der Waals surface area contributed by atoms with Crippen molar-refractivity contribution in [1.82, 2.24) is 29.6 Å². The van der Waals surface area contributed by atoms with Crippen LogP contribution in [0.4, 0.5) is 4.79 Å². The Labute approximate surface area is 207 Å². The number of carbonyl (C=O) groups excluding carboxylic acids is 1. The van der Waals surface area contributed by atoms with Crippen molar-refractivity contribution in [1.29, 1.82) is 0 Å². The molecule has 0 bridgehead atoms. The van der Waals surface area contributed by atoms with Crippen LogP contribution in [0, 0.1) is 6.92 Å². The molecule has 3 aromatic heterocycles. The van der Waals surface area contributed by atoms with Crippen molar-refractivity contribution in [3.05, 3.63) is 46.6 Å². The number of carbonyl (C=O) groups is 1. The van der Waals surface area contributed by atoms with Crippen molar-refractivity contribution in [2.24, 2.45) is 7.05 Å². The molecule has 1 aliphatic carbocycles. The highest BCUT2D eigenvalue weighted by atomic mass is 16.6. The van der Waals surface area contributed by atoms with Gasteiger partial charge in [-0.25, -0.2) is 14.8 Å². The number of alkyl carbamates (subject to hydrolysis) is 1. The Balaban J connectivity index is 1.41. The Kier molecular flexibility index (Phi) is 5.69. The van der Waals surface area contributed by atoms with Crippen molar-refractivity contribution >= 4 is 27.9 Å². The van der Waals surface area contributed by atoms with Crippen LogP contribution in [0.25, 0.3) is 33.2 Å². The highest BCUT2D eigenvalue weighted by molar-refractivity contribution is 5.90. The third-order valence-corrected chi connectivity index (χ3v) is 6.56. The summed E-state index contributed by atoms with van der Waals surface area (Å²) in [6, 6.07) is 3.51. The summed E-state index contributed by atoms with van der Waals surface area (Å²) < 4.78 is 8.75. The molecule has 10 heteroatoms. The summed E-state index contributed by atoms with van der Waals surface area (Å²) in [5.74, 6) is 0.414. The van der Waals surface area contributed by atoms with Crippen molar-refractivity contribution in [3.8, 4) is 17.1 Å². The maximum atomic E-state index is 13.3. The molecule has 2 atom stereocenters. The first kappa shape index (κ1) is 23.8. The number of ether oxygens (including phenoxy) is 1. The molecule has 1 saturated carbocycles. The number of pyridine rings is 1. The molecule has 10 nitrogen and oxygen atoms in total. The molecule has 0 unspecified atom stereocenters. The molecule has 0 saturated heterocycles. The van der Waals surface area contributed by atoms with E-state index in [1.807, 2.05) is 40.1 Å². The molecule has 3 heterocycles. The number of benzene rings is 1. The van der Waals surface area contributed by atoms with E-state index in [0.717, 1.165) is 23.7 Å². The maximum absolute atomic E-state index is 13.3. The van der Waals surface area contributed by atoms with Crippen LogP contribution in [0.3, 0.4) is 0 Å². The average molecular weight is 491 g/mol. The van der Waals surface area contributed by atoms with Crippen LogP contribution in [-0.4, -0.2) is 47.2 Å². The predicted octanol–water partition coefficient (Wildman–Crippen LogP) is 3.98. The number of phenolic OH excluding ortho intramolecular Hbond substituents is 1. The minimum absolute atomic E-state index is 0.0406. The first-order valence-electron chi connectivity index (χ1n) is 12.0. The molecule has 36 heavy (non-hydrogen) atoms. The van der Waals surface area contributed by atoms with Gasteiger partial charge in [-0.1, -0.05) is 0 Å². The van der Waals surface area contributed by atoms with Gasteiger partial charge in [-0.2, -0.15) is 5.10 Å². The number of nitrogens with one attached hydrogen (secondary N) is 1. The molecule has 188 valence electrons. The minimum Gasteiger partial charge on any atom is -0.507 e. The summed E-state index contributed by atoms with van der Waals surface area (Å²) in [4.78, 5) is 34.4. The van der Waals surface area contributed by atoms with E-state index in [9.17, 15) is 14.7 Å². The molecule has 0 spiro atoms. The molecule has 4 aromatic rings. The Morgan fingerprint density at radius 2 is 2.06 bits per heavy atom. The van der Waals surface area contributed by atoms with Crippen LogP contribution in [0.5, 0.6) is 5.75 Å². The fraction of sp³-hybridized carbons (Fsp3) is 0.423. The fourth-order valence-electron chi connectivity index (χ4n) is 4.89. The van der Waals surface area contributed by atoms with E-state index >= 15 is 0 Å². The van der Waals surface area contributed by atoms with Gasteiger partial charge in [-0.15, -0.1) is 0 Å². The average Bonchev–Trinajstić information content (AvgIpc) is 3.41. The molecule has 5 rings (SSSR count). The van der Waals surface area contributed by atoms with E-state index in [1.165, 1.54) is 6.20 Å². The van der Waals surface area contributed by atoms with Gasteiger partial charge in [0, 0.05) is 48.7 Å². The summed E-state index contributed by atoms with van der Waals surface area (Å²) in [6.07, 6.45) is 6.87. The Morgan fingerprint density at radius 3 is 2.81 bits per heavy atom. The lowest BCUT2D eigenvalue weighted by molar-refractivity contribution is 0.0504. The number of nitrogens with zero attached hydrogens (tertiary/aromatic N) is 5. The van der Waals surface area contributed by atoms with Gasteiger partial charge in [0.05, 0.1) is 22.0 Å². The largest absolute Gasteiger partial charge is 0.507 e. The van der Waals surface area contributed by atoms with Gasteiger partial charge in [0.1, 0.15) is 11.4 Å². The Bertz CT molecular complexity index is 1550. The number of phenols is 1. The molecule has 2 N–H and O–H groups in total. The molecular weight excluding hydrogens is 460 g/mol. The van der Waals surface area contributed by atoms with Gasteiger partial charge in [-0.05, 0) is 59.1 Å². The monoisotopic (exact) mass is 490 g/mol. The van der Waals surface area contributed by atoms with E-state index in [-0.39, 0.29) is 23.4 Å². The van der Waals surface area contributed by atoms with E-state index in [2.05, 4.69) is 20.4 Å². The highest BCUT2D eigenvalue weighted by Gasteiger charge is 2.29. The predicted molar refractivity (Wildman–Crippen MR) is 136 cm³/mol. The van der Waals surface area contributed by atoms with Gasteiger partial charge in [0.25, 0.3) is 5.56 Å². The van der Waals surface area contributed by atoms with Gasteiger partial charge < -0.3 is 19.7 Å². The lowest BCUT2D eigenvalue weighted by Crippen LogP contribution is -2.38. The Hall–Kier alpha value is -3.95. The number of aryl methyl sites for hydroxylation is 2. The first-order chi connectivity index (χ1) is 17.0. The van der Waals surface area contributed by atoms with E-state index in [0.29, 0.717) is 34.3 Å². The topological polar surface area (TPSA) is 124 Å². The molecule has 1 aliphatic rings. The van der Waals surface area contributed by atoms with Gasteiger partial charge in [-0.3, -0.25) is 9.48 Å². The smallest absolute Gasteiger partial charge is 0.407 e. The number of fused-ring (bicyclic) bond motifs is 2. The Morgan fingerprint density at radius 1 is 1.28 bits per heavy atom. The number of amides is 1. The van der Waals surface area contributed by atoms with Crippen LogP contribution < -0.4 is 10.9 Å². The molecule has 1 fully saturated rings. The van der Waals surface area contributed by atoms with E-state index in [4.69, 9.17) is 4.74 Å². The van der Waals surface area contributed by atoms with Crippen LogP contribution in [0.1, 0.15) is 51.6 Å². The van der Waals surface area contributed by atoms with Crippen molar-refractivity contribution in [2.75, 3.05) is 0 Å². The molecule has 1 amide bonds. The lowest BCUT2D eigenvalue weighted by atomic mass is 10.1. The number of aromatic hydroxyl groups is 1. The van der Waals surface area contributed by atoms with Crippen LogP contribution in [0.2, 0.25) is 0 Å². The quantitative estimate of drug-likeness (QED) is 0.445. The minimum atomic E-state index is -0.560. The van der Waals surface area contributed by atoms with Gasteiger partial charge in [0.15, 0.2) is 5.82 Å². The lowest BCUT2D eigenvalue weighted by Gasteiger charge is -2.22. The van der Waals surface area contributed by atoms with Gasteiger partial charge >= 0.3 is 6.09 Å². The fourth-order valence-corrected chi connectivity index (χ4v) is 4.89. The molecule has 1 aromatic carbocycles. The number of hydrogen-bond donors (Lipinski definition) is 2. The summed E-state index contributed by atoms with van der Waals surface area (Å²) >= 11 is 0. The van der Waals surface area contributed by atoms with Gasteiger partial charge in [0.2, 0.25) is 0 Å². The van der Waals surface area contributed by atoms with E-state index in [1.54, 1.807) is 28.4 Å². The van der Waals surface area contributed by atoms with Crippen LogP contribution in [-0.2, 0) is 11.8 Å². The SMILES string of the molecule is Cc1c(O)c(-c2ncc3c(=O)n([C@H]4CC[C@@H](NC(=O)OC(C)(C)C)C4)ccc3n2)cc2cn(C)nc12. The third-order valence-electron chi connectivity index (χ3n) is 6.56. The number of hydrogen-bond acceptors (Lipinski definition) is 7. The summed E-state index contributed by atoms with van der Waals surface area (Å²) in [5.41, 5.74) is 1.63. The first-order valence-corrected chi connectivity index (χ1v) is 12.0. The second-order valence-electron chi connectivity index (χ2n) is 10.5. The van der Waals surface area contributed by atoms with Crippen molar-refractivity contribution in [2.45, 2.75) is 64.6 Å². The second kappa shape index (κ2) is 8.61. The second-order valence-corrected chi connectivity index (χ2v) is 10.5. The zero-order chi connectivity index (χ0) is 25.8. The molecule has 0 radical (unpaired) electrons. The van der Waals surface area contributed by atoms with Crippen LogP contribution >= 0.6 is 0 Å². The molecular formula is C26H30N6O4. The molecule has 0 aliphatic heterocycles.